The van der Waals surface area contributed by atoms with Crippen molar-refractivity contribution in [2.45, 2.75) is 69.2 Å². The third-order valence-electron chi connectivity index (χ3n) is 3.22. The average Bonchev–Trinajstić information content (AvgIpc) is 2.24. The van der Waals surface area contributed by atoms with Crippen LogP contribution in [0.25, 0.3) is 0 Å². The Morgan fingerprint density at radius 3 is 2.53 bits per heavy atom. The Balaban J connectivity index is 2.59. The number of hydrogen-bond acceptors (Lipinski definition) is 1. The van der Waals surface area contributed by atoms with E-state index >= 15 is 0 Å². The Morgan fingerprint density at radius 1 is 1.13 bits per heavy atom. The lowest BCUT2D eigenvalue weighted by Gasteiger charge is -2.29. The summed E-state index contributed by atoms with van der Waals surface area (Å²) in [7, 11) is 0. The van der Waals surface area contributed by atoms with E-state index in [1.165, 1.54) is 32.1 Å². The molecule has 0 bridgehead atoms. The van der Waals surface area contributed by atoms with E-state index in [2.05, 4.69) is 11.8 Å². The molecule has 0 aromatic carbocycles. The van der Waals surface area contributed by atoms with Crippen LogP contribution in [-0.4, -0.2) is 10.9 Å². The Kier molecular flexibility index (Phi) is 5.50. The molecular weight excluding hydrogens is 206 g/mol. The van der Waals surface area contributed by atoms with Crippen molar-refractivity contribution in [3.8, 4) is 11.8 Å². The van der Waals surface area contributed by atoms with E-state index < -0.39 is 0 Å². The summed E-state index contributed by atoms with van der Waals surface area (Å²) in [5.41, 5.74) is 5.95. The average molecular weight is 228 g/mol. The molecule has 0 aromatic rings. The largest absolute Gasteiger partial charge is 0.326 e. The summed E-state index contributed by atoms with van der Waals surface area (Å²) in [6.07, 6.45) is 9.09. The second-order valence-corrected chi connectivity index (χ2v) is 5.37. The van der Waals surface area contributed by atoms with E-state index in [1.54, 1.807) is 0 Å². The summed E-state index contributed by atoms with van der Waals surface area (Å²) in [5, 5.41) is 0. The smallest absolute Gasteiger partial charge is 0.0703 e. The Labute approximate surface area is 98.8 Å². The molecule has 2 atom stereocenters. The summed E-state index contributed by atoms with van der Waals surface area (Å²) >= 11 is 6.54. The van der Waals surface area contributed by atoms with Crippen molar-refractivity contribution in [2.75, 3.05) is 0 Å². The molecule has 0 spiro atoms. The van der Waals surface area contributed by atoms with Gasteiger partial charge in [0.1, 0.15) is 0 Å². The van der Waals surface area contributed by atoms with E-state index in [-0.39, 0.29) is 10.9 Å². The van der Waals surface area contributed by atoms with Gasteiger partial charge < -0.3 is 5.73 Å². The third kappa shape index (κ3) is 4.45. The standard InChI is InChI=1S/C13H22ClN/c1-12(15)13(14)10-8-6-4-2-3-5-7-9-11-13/h12H,2-6,8,10-11,15H2,1H3. The van der Waals surface area contributed by atoms with Crippen LogP contribution in [0.4, 0.5) is 0 Å². The zero-order valence-corrected chi connectivity index (χ0v) is 10.4. The van der Waals surface area contributed by atoms with Crippen LogP contribution in [0.2, 0.25) is 0 Å². The van der Waals surface area contributed by atoms with Gasteiger partial charge in [-0.15, -0.1) is 23.4 Å². The zero-order valence-electron chi connectivity index (χ0n) is 9.69. The SMILES string of the molecule is CC(N)C1(Cl)CC#CCCCCCCC1. The first-order valence-corrected chi connectivity index (χ1v) is 6.43. The van der Waals surface area contributed by atoms with Crippen molar-refractivity contribution in [3.63, 3.8) is 0 Å². The fraction of sp³-hybridized carbons (Fsp3) is 0.846. The molecule has 0 fully saturated rings. The molecule has 1 rings (SSSR count). The minimum Gasteiger partial charge on any atom is -0.326 e. The first kappa shape index (κ1) is 12.9. The number of nitrogens with two attached hydrogens (primary N) is 1. The van der Waals surface area contributed by atoms with Crippen molar-refractivity contribution < 1.29 is 0 Å². The van der Waals surface area contributed by atoms with Crippen LogP contribution in [0, 0.1) is 11.8 Å². The summed E-state index contributed by atoms with van der Waals surface area (Å²) in [4.78, 5) is -0.294. The highest BCUT2D eigenvalue weighted by molar-refractivity contribution is 6.24. The molecule has 2 N–H and O–H groups in total. The number of halogens is 1. The first-order chi connectivity index (χ1) is 7.15. The van der Waals surface area contributed by atoms with Crippen molar-refractivity contribution in [1.29, 1.82) is 0 Å². The van der Waals surface area contributed by atoms with Gasteiger partial charge in [-0.05, 0) is 19.8 Å². The van der Waals surface area contributed by atoms with Gasteiger partial charge in [-0.3, -0.25) is 0 Å². The van der Waals surface area contributed by atoms with Crippen LogP contribution in [0.1, 0.15) is 58.3 Å². The van der Waals surface area contributed by atoms with Gasteiger partial charge in [0, 0.05) is 18.9 Å². The van der Waals surface area contributed by atoms with E-state index in [4.69, 9.17) is 17.3 Å². The molecule has 1 nitrogen and oxygen atoms in total. The summed E-state index contributed by atoms with van der Waals surface area (Å²) in [6.45, 7) is 1.99. The third-order valence-corrected chi connectivity index (χ3v) is 3.88. The lowest BCUT2D eigenvalue weighted by Crippen LogP contribution is -2.40. The highest BCUT2D eigenvalue weighted by Crippen LogP contribution is 2.30. The van der Waals surface area contributed by atoms with Crippen LogP contribution in [0.15, 0.2) is 0 Å². The molecule has 0 aromatic heterocycles. The predicted molar refractivity (Wildman–Crippen MR) is 66.9 cm³/mol. The summed E-state index contributed by atoms with van der Waals surface area (Å²) < 4.78 is 0. The van der Waals surface area contributed by atoms with Gasteiger partial charge >= 0.3 is 0 Å². The van der Waals surface area contributed by atoms with E-state index in [0.717, 1.165) is 19.3 Å². The predicted octanol–water partition coefficient (Wildman–Crippen LogP) is 3.45. The minimum absolute atomic E-state index is 0.0224. The fourth-order valence-corrected chi connectivity index (χ4v) is 2.14. The van der Waals surface area contributed by atoms with Crippen LogP contribution in [0.3, 0.4) is 0 Å². The Bertz CT molecular complexity index is 239. The molecular formula is C13H22ClN. The van der Waals surface area contributed by atoms with E-state index in [1.807, 2.05) is 6.92 Å². The van der Waals surface area contributed by atoms with Crippen molar-refractivity contribution in [3.05, 3.63) is 0 Å². The number of alkyl halides is 1. The number of rotatable bonds is 1. The molecule has 0 radical (unpaired) electrons. The van der Waals surface area contributed by atoms with Gasteiger partial charge in [0.15, 0.2) is 0 Å². The number of hydrogen-bond donors (Lipinski definition) is 1. The minimum atomic E-state index is -0.294. The second kappa shape index (κ2) is 6.40. The molecule has 0 amide bonds. The van der Waals surface area contributed by atoms with Crippen LogP contribution >= 0.6 is 11.6 Å². The molecule has 15 heavy (non-hydrogen) atoms. The molecule has 86 valence electrons. The van der Waals surface area contributed by atoms with Gasteiger partial charge in [0.2, 0.25) is 0 Å². The van der Waals surface area contributed by atoms with Gasteiger partial charge in [-0.25, -0.2) is 0 Å². The highest BCUT2D eigenvalue weighted by atomic mass is 35.5. The fourth-order valence-electron chi connectivity index (χ4n) is 1.94. The first-order valence-electron chi connectivity index (χ1n) is 6.05. The second-order valence-electron chi connectivity index (χ2n) is 4.62. The monoisotopic (exact) mass is 227 g/mol. The van der Waals surface area contributed by atoms with Crippen molar-refractivity contribution >= 4 is 11.6 Å². The van der Waals surface area contributed by atoms with Gasteiger partial charge in [-0.1, -0.05) is 25.7 Å². The van der Waals surface area contributed by atoms with Crippen LogP contribution in [-0.2, 0) is 0 Å². The van der Waals surface area contributed by atoms with Gasteiger partial charge in [0.05, 0.1) is 4.87 Å². The molecule has 2 heteroatoms. The van der Waals surface area contributed by atoms with Crippen LogP contribution < -0.4 is 5.73 Å². The highest BCUT2D eigenvalue weighted by Gasteiger charge is 2.30. The van der Waals surface area contributed by atoms with E-state index in [9.17, 15) is 0 Å². The molecule has 0 heterocycles. The van der Waals surface area contributed by atoms with Crippen molar-refractivity contribution in [1.82, 2.24) is 0 Å². The summed E-state index contributed by atoms with van der Waals surface area (Å²) in [6, 6.07) is 0.0224. The maximum absolute atomic E-state index is 6.54. The molecule has 2 unspecified atom stereocenters. The Morgan fingerprint density at radius 2 is 1.80 bits per heavy atom. The maximum Gasteiger partial charge on any atom is 0.0703 e. The van der Waals surface area contributed by atoms with Crippen molar-refractivity contribution in [2.24, 2.45) is 5.73 Å². The topological polar surface area (TPSA) is 26.0 Å². The Hall–Kier alpha value is -0.190. The molecule has 0 aliphatic heterocycles. The van der Waals surface area contributed by atoms with E-state index in [0.29, 0.717) is 0 Å². The normalized spacial score (nSPS) is 30.9. The quantitative estimate of drug-likeness (QED) is 0.539. The maximum atomic E-state index is 6.54. The molecule has 0 saturated heterocycles. The van der Waals surface area contributed by atoms with Gasteiger partial charge in [-0.2, -0.15) is 0 Å². The lowest BCUT2D eigenvalue weighted by atomic mass is 9.91. The van der Waals surface area contributed by atoms with Crippen LogP contribution in [0.5, 0.6) is 0 Å². The lowest BCUT2D eigenvalue weighted by molar-refractivity contribution is 0.435. The molecule has 1 aliphatic carbocycles. The zero-order chi connectivity index (χ0) is 11.1. The summed E-state index contributed by atoms with van der Waals surface area (Å²) in [5.74, 6) is 6.40. The molecule has 1 aliphatic rings. The van der Waals surface area contributed by atoms with Gasteiger partial charge in [0.25, 0.3) is 0 Å². The molecule has 0 saturated carbocycles.